The van der Waals surface area contributed by atoms with Gasteiger partial charge >= 0.3 is 6.03 Å². The number of hydrogen-bond donors (Lipinski definition) is 1. The Balaban J connectivity index is 2.47. The van der Waals surface area contributed by atoms with E-state index >= 15 is 0 Å². The molecule has 4 nitrogen and oxygen atoms in total. The monoisotopic (exact) mass is 226 g/mol. The lowest BCUT2D eigenvalue weighted by molar-refractivity contribution is -0.121. The fourth-order valence-corrected chi connectivity index (χ4v) is 1.89. The number of carbonyl (C=O) groups is 2. The predicted octanol–water partition coefficient (Wildman–Crippen LogP) is 1.94. The summed E-state index contributed by atoms with van der Waals surface area (Å²) in [6, 6.07) is 0.159. The smallest absolute Gasteiger partial charge is 0.317 e. The van der Waals surface area contributed by atoms with Crippen LogP contribution >= 0.6 is 0 Å². The zero-order chi connectivity index (χ0) is 12.3. The molecule has 1 fully saturated rings. The van der Waals surface area contributed by atoms with Crippen molar-refractivity contribution in [1.82, 2.24) is 10.2 Å². The number of carbonyl (C=O) groups excluding carboxylic acids is 2. The highest BCUT2D eigenvalue weighted by Gasteiger charge is 2.26. The molecule has 0 aromatic carbocycles. The molecular formula is C12H22N2O2. The maximum atomic E-state index is 11.9. The van der Waals surface area contributed by atoms with Crippen molar-refractivity contribution in [3.63, 3.8) is 0 Å². The van der Waals surface area contributed by atoms with Gasteiger partial charge in [-0.15, -0.1) is 0 Å². The molecule has 1 saturated carbocycles. The summed E-state index contributed by atoms with van der Waals surface area (Å²) in [7, 11) is 1.81. The minimum atomic E-state index is -0.212. The Hall–Kier alpha value is -1.06. The van der Waals surface area contributed by atoms with Gasteiger partial charge in [-0.3, -0.25) is 4.79 Å². The Kier molecular flexibility index (Phi) is 3.94. The van der Waals surface area contributed by atoms with Gasteiger partial charge in [-0.05, 0) is 33.6 Å². The molecular weight excluding hydrogens is 204 g/mol. The van der Waals surface area contributed by atoms with Crippen LogP contribution in [-0.2, 0) is 4.79 Å². The largest absolute Gasteiger partial charge is 0.333 e. The van der Waals surface area contributed by atoms with Crippen molar-refractivity contribution in [3.8, 4) is 0 Å². The molecule has 0 heterocycles. The summed E-state index contributed by atoms with van der Waals surface area (Å²) >= 11 is 0. The van der Waals surface area contributed by atoms with E-state index in [9.17, 15) is 9.59 Å². The highest BCUT2D eigenvalue weighted by Crippen LogP contribution is 2.19. The highest BCUT2D eigenvalue weighted by molar-refractivity contribution is 5.80. The number of ketones is 1. The molecule has 1 N–H and O–H groups in total. The number of amides is 2. The van der Waals surface area contributed by atoms with E-state index in [0.717, 1.165) is 12.8 Å². The summed E-state index contributed by atoms with van der Waals surface area (Å²) in [6.45, 7) is 5.88. The molecule has 0 spiro atoms. The lowest BCUT2D eigenvalue weighted by Gasteiger charge is -2.33. The summed E-state index contributed by atoms with van der Waals surface area (Å²) in [5.41, 5.74) is -0.212. The van der Waals surface area contributed by atoms with Crippen molar-refractivity contribution < 1.29 is 9.59 Å². The van der Waals surface area contributed by atoms with E-state index in [0.29, 0.717) is 18.6 Å². The average Bonchev–Trinajstić information content (AvgIpc) is 2.15. The zero-order valence-electron chi connectivity index (χ0n) is 10.7. The van der Waals surface area contributed by atoms with Gasteiger partial charge in [0.1, 0.15) is 5.78 Å². The molecule has 1 aliphatic rings. The third kappa shape index (κ3) is 3.83. The van der Waals surface area contributed by atoms with Crippen LogP contribution in [0.2, 0.25) is 0 Å². The van der Waals surface area contributed by atoms with E-state index in [1.807, 2.05) is 27.8 Å². The van der Waals surface area contributed by atoms with Crippen LogP contribution in [0.3, 0.4) is 0 Å². The van der Waals surface area contributed by atoms with Crippen LogP contribution in [0.4, 0.5) is 4.79 Å². The number of nitrogens with zero attached hydrogens (tertiary/aromatic N) is 1. The molecule has 4 heteroatoms. The van der Waals surface area contributed by atoms with Gasteiger partial charge < -0.3 is 10.2 Å². The molecule has 1 rings (SSSR count). The second kappa shape index (κ2) is 4.85. The van der Waals surface area contributed by atoms with Gasteiger partial charge in [0, 0.05) is 31.5 Å². The predicted molar refractivity (Wildman–Crippen MR) is 63.3 cm³/mol. The molecule has 0 atom stereocenters. The third-order valence-corrected chi connectivity index (χ3v) is 2.86. The SMILES string of the molecule is CN(C(=O)NC(C)(C)C)C1CCC(=O)CC1. The van der Waals surface area contributed by atoms with E-state index in [1.54, 1.807) is 4.90 Å². The minimum absolute atomic E-state index is 0.0492. The quantitative estimate of drug-likeness (QED) is 0.742. The van der Waals surface area contributed by atoms with E-state index in [1.165, 1.54) is 0 Å². The van der Waals surface area contributed by atoms with Gasteiger partial charge in [0.2, 0.25) is 0 Å². The van der Waals surface area contributed by atoms with E-state index in [2.05, 4.69) is 5.32 Å². The fourth-order valence-electron chi connectivity index (χ4n) is 1.89. The molecule has 92 valence electrons. The summed E-state index contributed by atoms with van der Waals surface area (Å²) in [6.07, 6.45) is 2.81. The van der Waals surface area contributed by atoms with Gasteiger partial charge in [-0.25, -0.2) is 4.79 Å². The van der Waals surface area contributed by atoms with Crippen molar-refractivity contribution in [3.05, 3.63) is 0 Å². The van der Waals surface area contributed by atoms with E-state index in [4.69, 9.17) is 0 Å². The standard InChI is InChI=1S/C12H22N2O2/c1-12(2,3)13-11(16)14(4)9-5-7-10(15)8-6-9/h9H,5-8H2,1-4H3,(H,13,16). The Bertz CT molecular complexity index is 271. The fraction of sp³-hybridized carbons (Fsp3) is 0.833. The van der Waals surface area contributed by atoms with Crippen molar-refractivity contribution >= 4 is 11.8 Å². The first-order chi connectivity index (χ1) is 7.29. The topological polar surface area (TPSA) is 49.4 Å². The van der Waals surface area contributed by atoms with Gasteiger partial charge in [-0.1, -0.05) is 0 Å². The van der Waals surface area contributed by atoms with E-state index in [-0.39, 0.29) is 17.6 Å². The highest BCUT2D eigenvalue weighted by atomic mass is 16.2. The normalized spacial score (nSPS) is 18.4. The summed E-state index contributed by atoms with van der Waals surface area (Å²) in [4.78, 5) is 24.7. The first kappa shape index (κ1) is 13.0. The van der Waals surface area contributed by atoms with Crippen LogP contribution in [0.5, 0.6) is 0 Å². The van der Waals surface area contributed by atoms with Crippen molar-refractivity contribution in [2.24, 2.45) is 0 Å². The maximum Gasteiger partial charge on any atom is 0.317 e. The van der Waals surface area contributed by atoms with Crippen LogP contribution in [0.1, 0.15) is 46.5 Å². The lowest BCUT2D eigenvalue weighted by atomic mass is 9.93. The third-order valence-electron chi connectivity index (χ3n) is 2.86. The molecule has 0 unspecified atom stereocenters. The Morgan fingerprint density at radius 3 is 2.25 bits per heavy atom. The molecule has 0 radical (unpaired) electrons. The lowest BCUT2D eigenvalue weighted by Crippen LogP contribution is -2.51. The molecule has 0 aromatic heterocycles. The first-order valence-electron chi connectivity index (χ1n) is 5.86. The average molecular weight is 226 g/mol. The number of Topliss-reactive ketones (excluding diaryl/α,β-unsaturated/α-hetero) is 1. The van der Waals surface area contributed by atoms with E-state index < -0.39 is 0 Å². The summed E-state index contributed by atoms with van der Waals surface area (Å²) in [5.74, 6) is 0.320. The number of nitrogens with one attached hydrogen (secondary N) is 1. The summed E-state index contributed by atoms with van der Waals surface area (Å²) in [5, 5.41) is 2.93. The van der Waals surface area contributed by atoms with Crippen LogP contribution in [0.15, 0.2) is 0 Å². The molecule has 0 bridgehead atoms. The van der Waals surface area contributed by atoms with Crippen molar-refractivity contribution in [2.45, 2.75) is 58.0 Å². The van der Waals surface area contributed by atoms with Crippen molar-refractivity contribution in [1.29, 1.82) is 0 Å². The molecule has 0 saturated heterocycles. The number of hydrogen-bond acceptors (Lipinski definition) is 2. The van der Waals surface area contributed by atoms with Gasteiger partial charge in [-0.2, -0.15) is 0 Å². The van der Waals surface area contributed by atoms with Crippen molar-refractivity contribution in [2.75, 3.05) is 7.05 Å². The van der Waals surface area contributed by atoms with Gasteiger partial charge in [0.15, 0.2) is 0 Å². The Morgan fingerprint density at radius 2 is 1.81 bits per heavy atom. The Morgan fingerprint density at radius 1 is 1.31 bits per heavy atom. The van der Waals surface area contributed by atoms with Crippen LogP contribution in [-0.4, -0.2) is 35.3 Å². The van der Waals surface area contributed by atoms with Gasteiger partial charge in [0.25, 0.3) is 0 Å². The van der Waals surface area contributed by atoms with Crippen LogP contribution in [0.25, 0.3) is 0 Å². The second-order valence-corrected chi connectivity index (χ2v) is 5.56. The minimum Gasteiger partial charge on any atom is -0.333 e. The zero-order valence-corrected chi connectivity index (χ0v) is 10.7. The summed E-state index contributed by atoms with van der Waals surface area (Å²) < 4.78 is 0. The first-order valence-corrected chi connectivity index (χ1v) is 5.86. The second-order valence-electron chi connectivity index (χ2n) is 5.56. The molecule has 16 heavy (non-hydrogen) atoms. The molecule has 0 aromatic rings. The Labute approximate surface area is 97.4 Å². The number of rotatable bonds is 1. The molecule has 1 aliphatic carbocycles. The van der Waals surface area contributed by atoms with Crippen LogP contribution < -0.4 is 5.32 Å². The van der Waals surface area contributed by atoms with Crippen LogP contribution in [0, 0.1) is 0 Å². The van der Waals surface area contributed by atoms with Gasteiger partial charge in [0.05, 0.1) is 0 Å². The maximum absolute atomic E-state index is 11.9. The number of urea groups is 1. The molecule has 2 amide bonds. The molecule has 0 aliphatic heterocycles.